The SMILES string of the molecule is CC#CCc1nc(C=S)nn1Cc1ccc(-c2ccccc2C(=O)O)cc1. The van der Waals surface area contributed by atoms with Crippen LogP contribution in [0.25, 0.3) is 11.1 Å². The Kier molecular flexibility index (Phi) is 5.74. The van der Waals surface area contributed by atoms with E-state index in [1.165, 1.54) is 5.37 Å². The zero-order chi connectivity index (χ0) is 19.2. The van der Waals surface area contributed by atoms with Gasteiger partial charge in [-0.15, -0.1) is 5.92 Å². The van der Waals surface area contributed by atoms with E-state index in [1.54, 1.807) is 23.7 Å². The molecular weight excluding hydrogens is 358 g/mol. The van der Waals surface area contributed by atoms with Crippen molar-refractivity contribution < 1.29 is 9.90 Å². The third kappa shape index (κ3) is 4.27. The molecule has 0 bridgehead atoms. The van der Waals surface area contributed by atoms with Crippen LogP contribution >= 0.6 is 12.2 Å². The average Bonchev–Trinajstić information content (AvgIpc) is 3.08. The van der Waals surface area contributed by atoms with Gasteiger partial charge in [0.2, 0.25) is 0 Å². The van der Waals surface area contributed by atoms with Gasteiger partial charge in [-0.25, -0.2) is 14.5 Å². The number of nitrogens with zero attached hydrogens (tertiary/aromatic N) is 3. The fourth-order valence-electron chi connectivity index (χ4n) is 2.75. The zero-order valence-electron chi connectivity index (χ0n) is 14.7. The third-order valence-corrected chi connectivity index (χ3v) is 4.26. The van der Waals surface area contributed by atoms with Crippen molar-refractivity contribution in [2.75, 3.05) is 0 Å². The summed E-state index contributed by atoms with van der Waals surface area (Å²) >= 11 is 4.93. The Morgan fingerprint density at radius 2 is 1.96 bits per heavy atom. The van der Waals surface area contributed by atoms with E-state index in [4.69, 9.17) is 12.2 Å². The van der Waals surface area contributed by atoms with Gasteiger partial charge >= 0.3 is 5.97 Å². The minimum atomic E-state index is -0.938. The van der Waals surface area contributed by atoms with Gasteiger partial charge in [0.15, 0.2) is 5.82 Å². The van der Waals surface area contributed by atoms with Crippen LogP contribution < -0.4 is 0 Å². The number of thiocarbonyl (C=S) groups is 1. The van der Waals surface area contributed by atoms with Crippen LogP contribution in [-0.4, -0.2) is 31.2 Å². The normalized spacial score (nSPS) is 10.1. The number of rotatable bonds is 6. The molecule has 0 radical (unpaired) electrons. The van der Waals surface area contributed by atoms with Crippen LogP contribution in [0.4, 0.5) is 0 Å². The maximum absolute atomic E-state index is 11.4. The maximum atomic E-state index is 11.4. The fourth-order valence-corrected chi connectivity index (χ4v) is 2.85. The van der Waals surface area contributed by atoms with Gasteiger partial charge in [0, 0.05) is 5.37 Å². The van der Waals surface area contributed by atoms with Crippen molar-refractivity contribution in [3.8, 4) is 23.0 Å². The van der Waals surface area contributed by atoms with E-state index in [0.29, 0.717) is 24.4 Å². The van der Waals surface area contributed by atoms with Crippen molar-refractivity contribution in [3.05, 3.63) is 71.3 Å². The van der Waals surface area contributed by atoms with E-state index in [0.717, 1.165) is 17.0 Å². The quantitative estimate of drug-likeness (QED) is 0.527. The van der Waals surface area contributed by atoms with Crippen LogP contribution in [0.15, 0.2) is 48.5 Å². The number of aromatic nitrogens is 3. The van der Waals surface area contributed by atoms with Crippen LogP contribution in [0.2, 0.25) is 0 Å². The minimum Gasteiger partial charge on any atom is -0.478 e. The van der Waals surface area contributed by atoms with Crippen molar-refractivity contribution in [1.82, 2.24) is 14.8 Å². The highest BCUT2D eigenvalue weighted by molar-refractivity contribution is 7.79. The number of carboxylic acids is 1. The highest BCUT2D eigenvalue weighted by atomic mass is 32.1. The van der Waals surface area contributed by atoms with Crippen molar-refractivity contribution in [1.29, 1.82) is 0 Å². The topological polar surface area (TPSA) is 68.0 Å². The molecule has 1 N–H and O–H groups in total. The highest BCUT2D eigenvalue weighted by Crippen LogP contribution is 2.24. The van der Waals surface area contributed by atoms with Crippen molar-refractivity contribution in [3.63, 3.8) is 0 Å². The predicted molar refractivity (Wildman–Crippen MR) is 108 cm³/mol. The summed E-state index contributed by atoms with van der Waals surface area (Å²) in [4.78, 5) is 15.8. The zero-order valence-corrected chi connectivity index (χ0v) is 15.5. The Morgan fingerprint density at radius 3 is 2.63 bits per heavy atom. The molecule has 27 heavy (non-hydrogen) atoms. The Morgan fingerprint density at radius 1 is 1.22 bits per heavy atom. The van der Waals surface area contributed by atoms with E-state index in [2.05, 4.69) is 21.9 Å². The molecule has 0 unspecified atom stereocenters. The summed E-state index contributed by atoms with van der Waals surface area (Å²) in [5.41, 5.74) is 2.86. The summed E-state index contributed by atoms with van der Waals surface area (Å²) in [6.45, 7) is 2.33. The molecule has 6 heteroatoms. The third-order valence-electron chi connectivity index (χ3n) is 4.05. The lowest BCUT2D eigenvalue weighted by Gasteiger charge is -2.08. The molecule has 0 fully saturated rings. The molecule has 0 atom stereocenters. The molecule has 5 nitrogen and oxygen atoms in total. The van der Waals surface area contributed by atoms with Gasteiger partial charge in [-0.05, 0) is 29.7 Å². The number of carbonyl (C=O) groups is 1. The molecule has 0 aliphatic rings. The first-order valence-electron chi connectivity index (χ1n) is 8.32. The number of aromatic carboxylic acids is 1. The number of hydrogen-bond donors (Lipinski definition) is 1. The second-order valence-corrected chi connectivity index (χ2v) is 6.05. The smallest absolute Gasteiger partial charge is 0.336 e. The van der Waals surface area contributed by atoms with E-state index >= 15 is 0 Å². The Hall–Kier alpha value is -3.30. The molecule has 2 aromatic carbocycles. The Labute approximate surface area is 162 Å². The highest BCUT2D eigenvalue weighted by Gasteiger charge is 2.11. The fraction of sp³-hybridized carbons (Fsp3) is 0.143. The molecule has 134 valence electrons. The number of carboxylic acid groups (broad SMARTS) is 1. The lowest BCUT2D eigenvalue weighted by atomic mass is 9.99. The summed E-state index contributed by atoms with van der Waals surface area (Å²) in [5.74, 6) is 6.19. The molecule has 0 saturated carbocycles. The lowest BCUT2D eigenvalue weighted by Crippen LogP contribution is -2.07. The van der Waals surface area contributed by atoms with Crippen LogP contribution in [0, 0.1) is 11.8 Å². The van der Waals surface area contributed by atoms with Gasteiger partial charge in [0.05, 0.1) is 18.5 Å². The molecule has 0 saturated heterocycles. The first-order chi connectivity index (χ1) is 13.1. The van der Waals surface area contributed by atoms with Crippen LogP contribution in [0.1, 0.15) is 34.5 Å². The number of benzene rings is 2. The van der Waals surface area contributed by atoms with Gasteiger partial charge in [0.1, 0.15) is 5.82 Å². The molecule has 0 spiro atoms. The molecule has 3 rings (SSSR count). The Balaban J connectivity index is 1.87. The van der Waals surface area contributed by atoms with Crippen molar-refractivity contribution in [2.45, 2.75) is 19.9 Å². The molecular formula is C21H17N3O2S. The van der Waals surface area contributed by atoms with Crippen molar-refractivity contribution in [2.24, 2.45) is 0 Å². The molecule has 0 aliphatic heterocycles. The van der Waals surface area contributed by atoms with E-state index in [9.17, 15) is 9.90 Å². The summed E-state index contributed by atoms with van der Waals surface area (Å²) < 4.78 is 1.79. The maximum Gasteiger partial charge on any atom is 0.336 e. The average molecular weight is 375 g/mol. The first kappa shape index (κ1) is 18.5. The van der Waals surface area contributed by atoms with Gasteiger partial charge in [-0.3, -0.25) is 0 Å². The predicted octanol–water partition coefficient (Wildman–Crippen LogP) is 3.61. The van der Waals surface area contributed by atoms with Crippen LogP contribution in [0.5, 0.6) is 0 Å². The Bertz CT molecular complexity index is 1040. The standard InChI is InChI=1S/C21H17N3O2S/c1-2-3-8-20-22-19(14-27)23-24(20)13-15-9-11-16(12-10-15)17-6-4-5-7-18(17)21(25)26/h4-7,9-12,14H,8,13H2,1H3,(H,25,26). The molecule has 1 aromatic heterocycles. The van der Waals surface area contributed by atoms with E-state index in [1.807, 2.05) is 36.4 Å². The summed E-state index contributed by atoms with van der Waals surface area (Å²) in [6, 6.07) is 14.7. The molecule has 0 aliphatic carbocycles. The second kappa shape index (κ2) is 8.39. The van der Waals surface area contributed by atoms with E-state index in [-0.39, 0.29) is 5.56 Å². The first-order valence-corrected chi connectivity index (χ1v) is 8.79. The van der Waals surface area contributed by atoms with Gasteiger partial charge in [0.25, 0.3) is 0 Å². The summed E-state index contributed by atoms with van der Waals surface area (Å²) in [5, 5.41) is 15.2. The van der Waals surface area contributed by atoms with E-state index < -0.39 is 5.97 Å². The molecule has 1 heterocycles. The second-order valence-electron chi connectivity index (χ2n) is 5.81. The van der Waals surface area contributed by atoms with Gasteiger partial charge in [-0.2, -0.15) is 5.10 Å². The summed E-state index contributed by atoms with van der Waals surface area (Å²) in [6.07, 6.45) is 0.511. The van der Waals surface area contributed by atoms with Crippen molar-refractivity contribution >= 4 is 23.6 Å². The van der Waals surface area contributed by atoms with Gasteiger partial charge in [-0.1, -0.05) is 60.6 Å². The molecule has 3 aromatic rings. The largest absolute Gasteiger partial charge is 0.478 e. The molecule has 0 amide bonds. The van der Waals surface area contributed by atoms with Crippen LogP contribution in [0.3, 0.4) is 0 Å². The summed E-state index contributed by atoms with van der Waals surface area (Å²) in [7, 11) is 0. The minimum absolute atomic E-state index is 0.285. The lowest BCUT2D eigenvalue weighted by molar-refractivity contribution is 0.0697. The van der Waals surface area contributed by atoms with Gasteiger partial charge < -0.3 is 5.11 Å². The van der Waals surface area contributed by atoms with Crippen LogP contribution in [-0.2, 0) is 13.0 Å². The monoisotopic (exact) mass is 375 g/mol. The number of hydrogen-bond acceptors (Lipinski definition) is 4.